The van der Waals surface area contributed by atoms with E-state index in [1.54, 1.807) is 6.07 Å². The van der Waals surface area contributed by atoms with Crippen LogP contribution in [0.4, 0.5) is 6.01 Å². The van der Waals surface area contributed by atoms with E-state index in [2.05, 4.69) is 15.2 Å². The number of aromatic nitrogens is 3. The van der Waals surface area contributed by atoms with Gasteiger partial charge in [-0.2, -0.15) is 4.98 Å². The molecule has 2 N–H and O–H groups in total. The van der Waals surface area contributed by atoms with Crippen LogP contribution in [-0.2, 0) is 0 Å². The number of para-hydroxylation sites is 1. The average Bonchev–Trinajstić information content (AvgIpc) is 2.82. The summed E-state index contributed by atoms with van der Waals surface area (Å²) < 4.78 is 10.3. The monoisotopic (exact) mass is 202 g/mol. The topological polar surface area (TPSA) is 91.0 Å². The first kappa shape index (κ1) is 7.98. The van der Waals surface area contributed by atoms with Crippen LogP contribution >= 0.6 is 0 Å². The zero-order chi connectivity index (χ0) is 10.3. The fourth-order valence-electron chi connectivity index (χ4n) is 1.43. The van der Waals surface area contributed by atoms with E-state index in [0.29, 0.717) is 22.6 Å². The van der Waals surface area contributed by atoms with Gasteiger partial charge in [-0.05, 0) is 12.1 Å². The van der Waals surface area contributed by atoms with Crippen LogP contribution in [0, 0.1) is 0 Å². The van der Waals surface area contributed by atoms with Crippen molar-refractivity contribution in [3.8, 4) is 11.5 Å². The summed E-state index contributed by atoms with van der Waals surface area (Å²) in [5, 5.41) is 7.41. The van der Waals surface area contributed by atoms with E-state index in [-0.39, 0.29) is 6.01 Å². The minimum Gasteiger partial charge on any atom is -0.424 e. The Balaban J connectivity index is 2.35. The molecule has 0 aliphatic heterocycles. The van der Waals surface area contributed by atoms with Crippen molar-refractivity contribution in [3.05, 3.63) is 24.6 Å². The zero-order valence-corrected chi connectivity index (χ0v) is 7.54. The van der Waals surface area contributed by atoms with Crippen molar-refractivity contribution in [1.29, 1.82) is 0 Å². The molecule has 0 aliphatic carbocycles. The summed E-state index contributed by atoms with van der Waals surface area (Å²) in [5.41, 5.74) is 7.41. The lowest BCUT2D eigenvalue weighted by Crippen LogP contribution is -1.83. The van der Waals surface area contributed by atoms with Crippen molar-refractivity contribution < 1.29 is 8.83 Å². The average molecular weight is 202 g/mol. The molecule has 0 amide bonds. The van der Waals surface area contributed by atoms with Gasteiger partial charge in [-0.25, -0.2) is 0 Å². The third-order valence-corrected chi connectivity index (χ3v) is 2.03. The second kappa shape index (κ2) is 2.81. The van der Waals surface area contributed by atoms with E-state index in [0.717, 1.165) is 0 Å². The second-order valence-corrected chi connectivity index (χ2v) is 2.95. The molecule has 0 spiro atoms. The first-order chi connectivity index (χ1) is 7.34. The Kier molecular flexibility index (Phi) is 1.49. The summed E-state index contributed by atoms with van der Waals surface area (Å²) in [6.07, 6.45) is 1.26. The standard InChI is InChI=1S/C9H6N4O2/c10-9-12-7-5(8-13-11-4-14-8)2-1-3-6(7)15-9/h1-4H,(H2,10,12). The molecule has 3 rings (SSSR count). The predicted octanol–water partition coefficient (Wildman–Crippen LogP) is 1.46. The molecule has 0 unspecified atom stereocenters. The van der Waals surface area contributed by atoms with Crippen LogP contribution in [0.3, 0.4) is 0 Å². The summed E-state index contributed by atoms with van der Waals surface area (Å²) in [7, 11) is 0. The first-order valence-electron chi connectivity index (χ1n) is 4.26. The minimum atomic E-state index is 0.122. The van der Waals surface area contributed by atoms with Gasteiger partial charge >= 0.3 is 0 Å². The maximum absolute atomic E-state index is 5.47. The molecule has 0 saturated carbocycles. The van der Waals surface area contributed by atoms with Gasteiger partial charge in [0.15, 0.2) is 5.58 Å². The summed E-state index contributed by atoms with van der Waals surface area (Å²) >= 11 is 0. The van der Waals surface area contributed by atoms with Crippen molar-refractivity contribution in [2.24, 2.45) is 0 Å². The molecule has 2 aromatic heterocycles. The van der Waals surface area contributed by atoms with E-state index < -0.39 is 0 Å². The van der Waals surface area contributed by atoms with Crippen molar-refractivity contribution in [3.63, 3.8) is 0 Å². The Morgan fingerprint density at radius 3 is 3.00 bits per heavy atom. The van der Waals surface area contributed by atoms with Crippen LogP contribution in [0.2, 0.25) is 0 Å². The fraction of sp³-hybridized carbons (Fsp3) is 0. The number of anilines is 1. The van der Waals surface area contributed by atoms with Crippen LogP contribution in [0.5, 0.6) is 0 Å². The molecule has 74 valence electrons. The lowest BCUT2D eigenvalue weighted by molar-refractivity contribution is 0.569. The van der Waals surface area contributed by atoms with E-state index in [9.17, 15) is 0 Å². The number of hydrogen-bond donors (Lipinski definition) is 1. The molecule has 6 heteroatoms. The highest BCUT2D eigenvalue weighted by Gasteiger charge is 2.12. The summed E-state index contributed by atoms with van der Waals surface area (Å²) in [5.74, 6) is 0.397. The van der Waals surface area contributed by atoms with Gasteiger partial charge in [0.05, 0.1) is 5.56 Å². The third kappa shape index (κ3) is 1.15. The Morgan fingerprint density at radius 1 is 1.27 bits per heavy atom. The summed E-state index contributed by atoms with van der Waals surface area (Å²) in [4.78, 5) is 4.05. The van der Waals surface area contributed by atoms with Crippen LogP contribution in [0.1, 0.15) is 0 Å². The molecule has 3 aromatic rings. The van der Waals surface area contributed by atoms with Crippen LogP contribution in [-0.4, -0.2) is 15.2 Å². The SMILES string of the molecule is Nc1nc2c(-c3nnco3)cccc2o1. The molecule has 0 radical (unpaired) electrons. The van der Waals surface area contributed by atoms with Gasteiger partial charge in [-0.15, -0.1) is 10.2 Å². The highest BCUT2D eigenvalue weighted by atomic mass is 16.4. The number of fused-ring (bicyclic) bond motifs is 1. The van der Waals surface area contributed by atoms with Gasteiger partial charge in [0.25, 0.3) is 6.01 Å². The zero-order valence-electron chi connectivity index (χ0n) is 7.54. The Labute approximate surface area is 83.7 Å². The molecule has 6 nitrogen and oxygen atoms in total. The van der Waals surface area contributed by atoms with Gasteiger partial charge in [-0.3, -0.25) is 0 Å². The van der Waals surface area contributed by atoms with Crippen LogP contribution < -0.4 is 5.73 Å². The van der Waals surface area contributed by atoms with E-state index in [4.69, 9.17) is 14.6 Å². The molecule has 0 bridgehead atoms. The number of nitrogen functional groups attached to an aromatic ring is 1. The second-order valence-electron chi connectivity index (χ2n) is 2.95. The summed E-state index contributed by atoms with van der Waals surface area (Å²) in [6, 6.07) is 5.53. The molecule has 15 heavy (non-hydrogen) atoms. The largest absolute Gasteiger partial charge is 0.424 e. The lowest BCUT2D eigenvalue weighted by atomic mass is 10.2. The predicted molar refractivity (Wildman–Crippen MR) is 51.7 cm³/mol. The molecule has 0 atom stereocenters. The number of nitrogens with two attached hydrogens (primary N) is 1. The molecular weight excluding hydrogens is 196 g/mol. The van der Waals surface area contributed by atoms with Gasteiger partial charge < -0.3 is 14.6 Å². The van der Waals surface area contributed by atoms with Crippen molar-refractivity contribution in [2.75, 3.05) is 5.73 Å². The van der Waals surface area contributed by atoms with Crippen molar-refractivity contribution >= 4 is 17.1 Å². The highest BCUT2D eigenvalue weighted by Crippen LogP contribution is 2.27. The number of nitrogens with zero attached hydrogens (tertiary/aromatic N) is 3. The normalized spacial score (nSPS) is 10.9. The first-order valence-corrected chi connectivity index (χ1v) is 4.26. The Bertz CT molecular complexity index is 600. The van der Waals surface area contributed by atoms with E-state index in [1.165, 1.54) is 6.39 Å². The number of rotatable bonds is 1. The summed E-state index contributed by atoms with van der Waals surface area (Å²) in [6.45, 7) is 0. The number of hydrogen-bond acceptors (Lipinski definition) is 6. The van der Waals surface area contributed by atoms with Gasteiger partial charge in [-0.1, -0.05) is 6.07 Å². The molecule has 0 fully saturated rings. The minimum absolute atomic E-state index is 0.122. The van der Waals surface area contributed by atoms with Crippen LogP contribution in [0.25, 0.3) is 22.6 Å². The van der Waals surface area contributed by atoms with Crippen molar-refractivity contribution in [2.45, 2.75) is 0 Å². The number of benzene rings is 1. The van der Waals surface area contributed by atoms with Gasteiger partial charge in [0.2, 0.25) is 12.3 Å². The lowest BCUT2D eigenvalue weighted by Gasteiger charge is -1.93. The number of oxazole rings is 1. The highest BCUT2D eigenvalue weighted by molar-refractivity contribution is 5.88. The molecule has 0 saturated heterocycles. The smallest absolute Gasteiger partial charge is 0.293 e. The van der Waals surface area contributed by atoms with E-state index >= 15 is 0 Å². The molecule has 1 aromatic carbocycles. The maximum Gasteiger partial charge on any atom is 0.293 e. The maximum atomic E-state index is 5.47. The molecule has 2 heterocycles. The third-order valence-electron chi connectivity index (χ3n) is 2.03. The van der Waals surface area contributed by atoms with Crippen LogP contribution in [0.15, 0.2) is 33.4 Å². The fourth-order valence-corrected chi connectivity index (χ4v) is 1.43. The Morgan fingerprint density at radius 2 is 2.20 bits per heavy atom. The van der Waals surface area contributed by atoms with Crippen molar-refractivity contribution in [1.82, 2.24) is 15.2 Å². The van der Waals surface area contributed by atoms with Gasteiger partial charge in [0.1, 0.15) is 5.52 Å². The molecule has 0 aliphatic rings. The van der Waals surface area contributed by atoms with E-state index in [1.807, 2.05) is 12.1 Å². The molecular formula is C9H6N4O2. The van der Waals surface area contributed by atoms with Gasteiger partial charge in [0, 0.05) is 0 Å². The Hall–Kier alpha value is -2.37. The quantitative estimate of drug-likeness (QED) is 0.642.